The van der Waals surface area contributed by atoms with Gasteiger partial charge in [-0.2, -0.15) is 0 Å². The van der Waals surface area contributed by atoms with Crippen molar-refractivity contribution < 1.29 is 19.4 Å². The summed E-state index contributed by atoms with van der Waals surface area (Å²) in [5.41, 5.74) is 0.397. The standard InChI is InChI=1S/C8H7N4O4P/c13-7(14)6-4-12-2-1-5(3-9-17(15)16)10-8(12)11-6/h1-2,4H,3H2,(H2-,9,13,14,15,16)/p+1. The summed E-state index contributed by atoms with van der Waals surface area (Å²) in [6, 6.07) is 1.60. The molecule has 2 rings (SSSR count). The van der Waals surface area contributed by atoms with Gasteiger partial charge in [-0.05, 0) is 10.6 Å². The second kappa shape index (κ2) is 4.54. The quantitative estimate of drug-likeness (QED) is 0.666. The normalized spacial score (nSPS) is 11.7. The van der Waals surface area contributed by atoms with Crippen LogP contribution in [0.3, 0.4) is 0 Å². The molecule has 0 aromatic carbocycles. The summed E-state index contributed by atoms with van der Waals surface area (Å²) in [5, 5.41) is 11.0. The Kier molecular flexibility index (Phi) is 3.10. The number of hydrogen-bond acceptors (Lipinski definition) is 4. The van der Waals surface area contributed by atoms with Crippen LogP contribution in [0.15, 0.2) is 18.5 Å². The van der Waals surface area contributed by atoms with Gasteiger partial charge in [0.05, 0.1) is 12.2 Å². The molecule has 0 bridgehead atoms. The van der Waals surface area contributed by atoms with Crippen LogP contribution in [0, 0.1) is 0 Å². The second-order valence-corrected chi connectivity index (χ2v) is 4.03. The minimum atomic E-state index is -2.43. The van der Waals surface area contributed by atoms with E-state index in [1.807, 2.05) is 0 Å². The van der Waals surface area contributed by atoms with Gasteiger partial charge in [0.2, 0.25) is 5.78 Å². The summed E-state index contributed by atoms with van der Waals surface area (Å²) in [4.78, 5) is 27.1. The van der Waals surface area contributed by atoms with Crippen LogP contribution in [0.2, 0.25) is 0 Å². The molecule has 0 aliphatic rings. The fourth-order valence-electron chi connectivity index (χ4n) is 1.26. The number of rotatable bonds is 4. The Morgan fingerprint density at radius 2 is 2.29 bits per heavy atom. The molecular formula is C8H8N4O4P+. The highest BCUT2D eigenvalue weighted by molar-refractivity contribution is 7.35. The number of fused-ring (bicyclic) bond motifs is 1. The van der Waals surface area contributed by atoms with Crippen LogP contribution in [-0.4, -0.2) is 30.3 Å². The highest BCUT2D eigenvalue weighted by Crippen LogP contribution is 2.08. The number of hydrogen-bond donors (Lipinski definition) is 3. The zero-order valence-electron chi connectivity index (χ0n) is 8.44. The average molecular weight is 255 g/mol. The Bertz CT molecular complexity index is 596. The Morgan fingerprint density at radius 3 is 2.94 bits per heavy atom. The van der Waals surface area contributed by atoms with Gasteiger partial charge in [-0.3, -0.25) is 4.40 Å². The molecule has 3 N–H and O–H groups in total. The number of nitrogens with one attached hydrogen (secondary N) is 1. The van der Waals surface area contributed by atoms with Gasteiger partial charge in [0.25, 0.3) is 0 Å². The van der Waals surface area contributed by atoms with Crippen LogP contribution < -0.4 is 5.09 Å². The van der Waals surface area contributed by atoms with E-state index in [9.17, 15) is 9.36 Å². The first kappa shape index (κ1) is 11.6. The third kappa shape index (κ3) is 2.62. The zero-order valence-corrected chi connectivity index (χ0v) is 9.33. The molecule has 0 radical (unpaired) electrons. The fraction of sp³-hybridized carbons (Fsp3) is 0.125. The number of carbonyl (C=O) groups is 1. The summed E-state index contributed by atoms with van der Waals surface area (Å²) in [5.74, 6) is -0.900. The van der Waals surface area contributed by atoms with Crippen molar-refractivity contribution in [3.8, 4) is 0 Å². The lowest BCUT2D eigenvalue weighted by Crippen LogP contribution is -2.05. The Hall–Kier alpha value is -1.89. The van der Waals surface area contributed by atoms with Crippen LogP contribution in [-0.2, 0) is 11.1 Å². The zero-order chi connectivity index (χ0) is 12.4. The van der Waals surface area contributed by atoms with Gasteiger partial charge in [-0.1, -0.05) is 5.09 Å². The first-order chi connectivity index (χ1) is 8.06. The van der Waals surface area contributed by atoms with Gasteiger partial charge < -0.3 is 5.11 Å². The Morgan fingerprint density at radius 1 is 1.53 bits per heavy atom. The van der Waals surface area contributed by atoms with Gasteiger partial charge in [0.15, 0.2) is 5.69 Å². The number of imidazole rings is 1. The fourth-order valence-corrected chi connectivity index (χ4v) is 1.56. The van der Waals surface area contributed by atoms with Crippen molar-refractivity contribution in [3.63, 3.8) is 0 Å². The third-order valence-corrected chi connectivity index (χ3v) is 2.43. The van der Waals surface area contributed by atoms with Crippen LogP contribution in [0.5, 0.6) is 0 Å². The van der Waals surface area contributed by atoms with Gasteiger partial charge in [0, 0.05) is 12.4 Å². The predicted molar refractivity (Wildman–Crippen MR) is 56.6 cm³/mol. The molecule has 8 nitrogen and oxygen atoms in total. The number of aromatic nitrogens is 3. The van der Waals surface area contributed by atoms with Crippen molar-refractivity contribution >= 4 is 19.9 Å². The molecule has 1 atom stereocenters. The van der Waals surface area contributed by atoms with E-state index in [2.05, 4.69) is 15.1 Å². The lowest BCUT2D eigenvalue weighted by molar-refractivity contribution is 0.0691. The van der Waals surface area contributed by atoms with E-state index in [1.165, 1.54) is 10.6 Å². The first-order valence-electron chi connectivity index (χ1n) is 4.54. The van der Waals surface area contributed by atoms with E-state index >= 15 is 0 Å². The number of aromatic carboxylic acids is 1. The lowest BCUT2D eigenvalue weighted by atomic mass is 10.4. The van der Waals surface area contributed by atoms with E-state index in [-0.39, 0.29) is 18.0 Å². The predicted octanol–water partition coefficient (Wildman–Crippen LogP) is 0.167. The summed E-state index contributed by atoms with van der Waals surface area (Å²) in [7, 11) is -2.43. The molecule has 17 heavy (non-hydrogen) atoms. The topological polar surface area (TPSA) is 117 Å². The number of carboxylic acid groups (broad SMARTS) is 1. The highest BCUT2D eigenvalue weighted by Gasteiger charge is 2.12. The molecule has 9 heteroatoms. The van der Waals surface area contributed by atoms with Gasteiger partial charge in [-0.15, -0.1) is 4.89 Å². The van der Waals surface area contributed by atoms with E-state index in [4.69, 9.17) is 10.00 Å². The molecule has 88 valence electrons. The lowest BCUT2D eigenvalue weighted by Gasteiger charge is -1.96. The molecule has 2 heterocycles. The van der Waals surface area contributed by atoms with Crippen molar-refractivity contribution in [2.45, 2.75) is 6.54 Å². The maximum atomic E-state index is 10.7. The van der Waals surface area contributed by atoms with Gasteiger partial charge in [-0.25, -0.2) is 14.8 Å². The maximum Gasteiger partial charge on any atom is 0.610 e. The highest BCUT2D eigenvalue weighted by atomic mass is 31.1. The van der Waals surface area contributed by atoms with E-state index in [0.29, 0.717) is 5.69 Å². The molecule has 0 aliphatic heterocycles. The van der Waals surface area contributed by atoms with E-state index < -0.39 is 14.1 Å². The molecule has 0 fully saturated rings. The molecule has 0 saturated carbocycles. The van der Waals surface area contributed by atoms with Crippen molar-refractivity contribution in [2.24, 2.45) is 0 Å². The number of nitrogens with zero attached hydrogens (tertiary/aromatic N) is 3. The smallest absolute Gasteiger partial charge is 0.476 e. The van der Waals surface area contributed by atoms with Crippen molar-refractivity contribution in [3.05, 3.63) is 29.8 Å². The SMILES string of the molecule is O=C(O)c1cn2ccc(CN[P+](=O)O)nc2n1. The van der Waals surface area contributed by atoms with Crippen LogP contribution in [0.1, 0.15) is 16.2 Å². The van der Waals surface area contributed by atoms with Crippen molar-refractivity contribution in [2.75, 3.05) is 0 Å². The van der Waals surface area contributed by atoms with E-state index in [0.717, 1.165) is 0 Å². The Labute approximate surface area is 95.9 Å². The molecule has 2 aromatic heterocycles. The first-order valence-corrected chi connectivity index (χ1v) is 5.75. The van der Waals surface area contributed by atoms with Crippen molar-refractivity contribution in [1.82, 2.24) is 19.5 Å². The Balaban J connectivity index is 2.30. The molecule has 0 spiro atoms. The molecule has 1 unspecified atom stereocenters. The van der Waals surface area contributed by atoms with Crippen molar-refractivity contribution in [1.29, 1.82) is 0 Å². The molecule has 0 saturated heterocycles. The minimum Gasteiger partial charge on any atom is -0.476 e. The monoisotopic (exact) mass is 255 g/mol. The molecule has 0 aliphatic carbocycles. The largest absolute Gasteiger partial charge is 0.610 e. The molecular weight excluding hydrogens is 247 g/mol. The summed E-state index contributed by atoms with van der Waals surface area (Å²) in [6.07, 6.45) is 2.93. The van der Waals surface area contributed by atoms with E-state index in [1.54, 1.807) is 12.3 Å². The third-order valence-electron chi connectivity index (χ3n) is 2.00. The summed E-state index contributed by atoms with van der Waals surface area (Å²) < 4.78 is 11.9. The summed E-state index contributed by atoms with van der Waals surface area (Å²) in [6.45, 7) is 0.109. The number of carboxylic acids is 1. The average Bonchev–Trinajstić information content (AvgIpc) is 2.69. The molecule has 0 amide bonds. The maximum absolute atomic E-state index is 10.7. The van der Waals surface area contributed by atoms with Crippen LogP contribution in [0.25, 0.3) is 5.78 Å². The summed E-state index contributed by atoms with van der Waals surface area (Å²) >= 11 is 0. The van der Waals surface area contributed by atoms with Crippen LogP contribution >= 0.6 is 8.18 Å². The second-order valence-electron chi connectivity index (χ2n) is 3.17. The van der Waals surface area contributed by atoms with Gasteiger partial charge >= 0.3 is 14.1 Å². The van der Waals surface area contributed by atoms with Gasteiger partial charge in [0.1, 0.15) is 0 Å². The van der Waals surface area contributed by atoms with Crippen LogP contribution in [0.4, 0.5) is 0 Å². The minimum absolute atomic E-state index is 0.101. The molecule has 2 aromatic rings.